The molecule has 1 aromatic heterocycles. The second kappa shape index (κ2) is 7.84. The van der Waals surface area contributed by atoms with E-state index < -0.39 is 11.1 Å². The number of halogens is 1. The second-order valence-electron chi connectivity index (χ2n) is 6.11. The number of hydrogen-bond acceptors (Lipinski definition) is 4. The zero-order valence-corrected chi connectivity index (χ0v) is 15.2. The van der Waals surface area contributed by atoms with Gasteiger partial charge in [-0.2, -0.15) is 0 Å². The number of carbonyl (C=O) groups excluding carboxylic acids is 1. The Bertz CT molecular complexity index is 890. The van der Waals surface area contributed by atoms with Crippen LogP contribution in [0.2, 0.25) is 0 Å². The zero-order chi connectivity index (χ0) is 17.3. The smallest absolute Gasteiger partial charge is 0.316 e. The molecule has 7 nitrogen and oxygen atoms in total. The number of aryl methyl sites for hydroxylation is 1. The van der Waals surface area contributed by atoms with Gasteiger partial charge < -0.3 is 19.8 Å². The Morgan fingerprint density at radius 2 is 2.12 bits per heavy atom. The Morgan fingerprint density at radius 3 is 2.80 bits per heavy atom. The lowest BCUT2D eigenvalue weighted by molar-refractivity contribution is 0.0698. The van der Waals surface area contributed by atoms with E-state index in [1.165, 1.54) is 4.57 Å². The molecule has 2 N–H and O–H groups in total. The largest absolute Gasteiger partial charge is 0.337 e. The molecule has 0 radical (unpaired) electrons. The molecule has 1 atom stereocenters. The fourth-order valence-electron chi connectivity index (χ4n) is 3.31. The number of nitrogens with one attached hydrogen (secondary N) is 2. The van der Waals surface area contributed by atoms with Crippen LogP contribution in [0.5, 0.6) is 0 Å². The van der Waals surface area contributed by atoms with Crippen molar-refractivity contribution in [2.24, 2.45) is 0 Å². The normalized spacial score (nSPS) is 17.4. The molecule has 1 aliphatic heterocycles. The van der Waals surface area contributed by atoms with Crippen LogP contribution in [0.25, 0.3) is 11.0 Å². The van der Waals surface area contributed by atoms with Crippen molar-refractivity contribution in [2.45, 2.75) is 32.4 Å². The van der Waals surface area contributed by atoms with E-state index in [4.69, 9.17) is 0 Å². The van der Waals surface area contributed by atoms with E-state index in [1.807, 2.05) is 18.9 Å². The Labute approximate surface area is 151 Å². The van der Waals surface area contributed by atoms with Gasteiger partial charge in [0.1, 0.15) is 0 Å². The van der Waals surface area contributed by atoms with Crippen molar-refractivity contribution in [3.8, 4) is 0 Å². The summed E-state index contributed by atoms with van der Waals surface area (Å²) >= 11 is 0. The number of H-pyrrole nitrogens is 1. The Kier molecular flexibility index (Phi) is 6.02. The summed E-state index contributed by atoms with van der Waals surface area (Å²) in [4.78, 5) is 40.8. The van der Waals surface area contributed by atoms with Crippen LogP contribution in [0, 0.1) is 0 Å². The molecule has 1 unspecified atom stereocenters. The fraction of sp³-hybridized carbons (Fsp3) is 0.471. The van der Waals surface area contributed by atoms with Gasteiger partial charge in [0, 0.05) is 31.2 Å². The highest BCUT2D eigenvalue weighted by molar-refractivity contribution is 5.97. The highest BCUT2D eigenvalue weighted by atomic mass is 35.5. The number of aromatic amines is 1. The third-order valence-corrected chi connectivity index (χ3v) is 4.65. The summed E-state index contributed by atoms with van der Waals surface area (Å²) in [5, 5.41) is 3.22. The summed E-state index contributed by atoms with van der Waals surface area (Å²) in [6, 6.07) is 5.42. The lowest BCUT2D eigenvalue weighted by Crippen LogP contribution is -2.47. The highest BCUT2D eigenvalue weighted by Gasteiger charge is 2.23. The number of fused-ring (bicyclic) bond motifs is 1. The molecule has 1 amide bonds. The number of amides is 1. The van der Waals surface area contributed by atoms with Crippen LogP contribution in [-0.2, 0) is 6.54 Å². The Balaban J connectivity index is 0.00000225. The van der Waals surface area contributed by atoms with Crippen molar-refractivity contribution in [3.63, 3.8) is 0 Å². The van der Waals surface area contributed by atoms with Gasteiger partial charge in [0.15, 0.2) is 0 Å². The summed E-state index contributed by atoms with van der Waals surface area (Å²) in [6.45, 7) is 3.63. The van der Waals surface area contributed by atoms with E-state index in [0.717, 1.165) is 19.4 Å². The first-order valence-electron chi connectivity index (χ1n) is 8.28. The third-order valence-electron chi connectivity index (χ3n) is 4.65. The number of hydrogen-bond donors (Lipinski definition) is 2. The van der Waals surface area contributed by atoms with E-state index in [9.17, 15) is 14.4 Å². The minimum atomic E-state index is -0.665. The quantitative estimate of drug-likeness (QED) is 0.792. The minimum absolute atomic E-state index is 0. The van der Waals surface area contributed by atoms with Gasteiger partial charge in [0.25, 0.3) is 5.91 Å². The number of benzene rings is 1. The van der Waals surface area contributed by atoms with E-state index >= 15 is 0 Å². The SMILES string of the molecule is CCn1c(=O)c(=O)[nH]c2cc(C(=O)N3CCCC(NC)C3)ccc21.Cl. The zero-order valence-electron chi connectivity index (χ0n) is 14.4. The first kappa shape index (κ1) is 19.2. The third kappa shape index (κ3) is 3.62. The van der Waals surface area contributed by atoms with Crippen LogP contribution in [-0.4, -0.2) is 46.5 Å². The van der Waals surface area contributed by atoms with Crippen LogP contribution < -0.4 is 16.4 Å². The van der Waals surface area contributed by atoms with Crippen LogP contribution in [0.15, 0.2) is 27.8 Å². The van der Waals surface area contributed by atoms with Crippen molar-refractivity contribution in [1.29, 1.82) is 0 Å². The maximum absolute atomic E-state index is 12.7. The van der Waals surface area contributed by atoms with Gasteiger partial charge in [0.2, 0.25) is 0 Å². The molecule has 1 aromatic carbocycles. The number of carbonyl (C=O) groups is 1. The first-order chi connectivity index (χ1) is 11.5. The van der Waals surface area contributed by atoms with E-state index in [1.54, 1.807) is 18.2 Å². The maximum atomic E-state index is 12.7. The molecule has 0 bridgehead atoms. The molecule has 0 saturated carbocycles. The van der Waals surface area contributed by atoms with Crippen molar-refractivity contribution < 1.29 is 4.79 Å². The topological polar surface area (TPSA) is 87.2 Å². The Hall–Kier alpha value is -2.12. The van der Waals surface area contributed by atoms with Crippen LogP contribution >= 0.6 is 12.4 Å². The molecule has 1 fully saturated rings. The first-order valence-corrected chi connectivity index (χ1v) is 8.28. The predicted molar refractivity (Wildman–Crippen MR) is 99.7 cm³/mol. The monoisotopic (exact) mass is 366 g/mol. The summed E-state index contributed by atoms with van der Waals surface area (Å²) < 4.78 is 1.42. The summed E-state index contributed by atoms with van der Waals surface area (Å²) in [5.74, 6) is -0.0491. The fourth-order valence-corrected chi connectivity index (χ4v) is 3.31. The summed E-state index contributed by atoms with van der Waals surface area (Å²) in [5.41, 5.74) is 0.426. The van der Waals surface area contributed by atoms with Gasteiger partial charge in [-0.3, -0.25) is 14.4 Å². The average molecular weight is 367 g/mol. The second-order valence-corrected chi connectivity index (χ2v) is 6.11. The lowest BCUT2D eigenvalue weighted by atomic mass is 10.0. The highest BCUT2D eigenvalue weighted by Crippen LogP contribution is 2.17. The number of likely N-dealkylation sites (tertiary alicyclic amines) is 1. The molecular weight excluding hydrogens is 344 g/mol. The molecule has 8 heteroatoms. The molecule has 1 saturated heterocycles. The number of likely N-dealkylation sites (N-methyl/N-ethyl adjacent to an activating group) is 1. The average Bonchev–Trinajstić information content (AvgIpc) is 2.62. The number of aromatic nitrogens is 2. The van der Waals surface area contributed by atoms with Crippen molar-refractivity contribution in [2.75, 3.05) is 20.1 Å². The molecule has 2 aromatic rings. The summed E-state index contributed by atoms with van der Waals surface area (Å²) in [7, 11) is 1.91. The minimum Gasteiger partial charge on any atom is -0.337 e. The molecular formula is C17H23ClN4O3. The van der Waals surface area contributed by atoms with Crippen molar-refractivity contribution in [1.82, 2.24) is 19.8 Å². The lowest BCUT2D eigenvalue weighted by Gasteiger charge is -2.32. The molecule has 1 aliphatic rings. The van der Waals surface area contributed by atoms with E-state index in [-0.39, 0.29) is 18.3 Å². The predicted octanol–water partition coefficient (Wildman–Crippen LogP) is 0.956. The van der Waals surface area contributed by atoms with E-state index in [0.29, 0.717) is 35.7 Å². The molecule has 136 valence electrons. The number of nitrogens with zero attached hydrogens (tertiary/aromatic N) is 2. The van der Waals surface area contributed by atoms with Crippen molar-refractivity contribution in [3.05, 3.63) is 44.5 Å². The van der Waals surface area contributed by atoms with Crippen LogP contribution in [0.3, 0.4) is 0 Å². The molecule has 0 spiro atoms. The van der Waals surface area contributed by atoms with Gasteiger partial charge in [-0.15, -0.1) is 12.4 Å². The molecule has 0 aliphatic carbocycles. The van der Waals surface area contributed by atoms with Gasteiger partial charge in [-0.05, 0) is 45.0 Å². The number of piperidine rings is 1. The van der Waals surface area contributed by atoms with Gasteiger partial charge >= 0.3 is 11.1 Å². The maximum Gasteiger partial charge on any atom is 0.316 e. The van der Waals surface area contributed by atoms with E-state index in [2.05, 4.69) is 10.3 Å². The number of rotatable bonds is 3. The van der Waals surface area contributed by atoms with Crippen LogP contribution in [0.4, 0.5) is 0 Å². The molecule has 2 heterocycles. The van der Waals surface area contributed by atoms with Crippen molar-refractivity contribution >= 4 is 29.3 Å². The van der Waals surface area contributed by atoms with Gasteiger partial charge in [-0.1, -0.05) is 0 Å². The molecule has 25 heavy (non-hydrogen) atoms. The standard InChI is InChI=1S/C17H22N4O3.ClH/c1-3-21-14-7-6-11(9-13(14)19-15(22)17(21)24)16(23)20-8-4-5-12(10-20)18-2;/h6-7,9,12,18H,3-5,8,10H2,1-2H3,(H,19,22);1H. The summed E-state index contributed by atoms with van der Waals surface area (Å²) in [6.07, 6.45) is 2.03. The van der Waals surface area contributed by atoms with Gasteiger partial charge in [-0.25, -0.2) is 0 Å². The van der Waals surface area contributed by atoms with Crippen LogP contribution in [0.1, 0.15) is 30.1 Å². The molecule has 3 rings (SSSR count). The Morgan fingerprint density at radius 1 is 1.36 bits per heavy atom. The van der Waals surface area contributed by atoms with Gasteiger partial charge in [0.05, 0.1) is 11.0 Å².